The van der Waals surface area contributed by atoms with E-state index in [0.29, 0.717) is 18.1 Å². The third kappa shape index (κ3) is 1.58. The van der Waals surface area contributed by atoms with Crippen LogP contribution in [0.3, 0.4) is 0 Å². The number of aromatic nitrogens is 2. The van der Waals surface area contributed by atoms with Gasteiger partial charge in [0, 0.05) is 12.4 Å². The molecule has 1 aromatic rings. The number of H-pyrrole nitrogens is 1. The molecule has 2 aliphatic rings. The van der Waals surface area contributed by atoms with E-state index >= 15 is 0 Å². The molecule has 1 aromatic heterocycles. The number of rotatable bonds is 2. The number of nitriles is 1. The highest BCUT2D eigenvalue weighted by atomic mass is 32.2. The third-order valence-electron chi connectivity index (χ3n) is 4.11. The van der Waals surface area contributed by atoms with Gasteiger partial charge in [-0.05, 0) is 12.2 Å². The van der Waals surface area contributed by atoms with E-state index in [4.69, 9.17) is 15.2 Å². The molecular formula is C13H16N4O2S. The maximum atomic E-state index is 9.55. The normalized spacial score (nSPS) is 28.4. The van der Waals surface area contributed by atoms with Crippen molar-refractivity contribution >= 4 is 11.8 Å². The first-order valence-corrected chi connectivity index (χ1v) is 7.46. The van der Waals surface area contributed by atoms with Crippen LogP contribution >= 0.6 is 11.8 Å². The molecule has 20 heavy (non-hydrogen) atoms. The molecular weight excluding hydrogens is 276 g/mol. The second-order valence-electron chi connectivity index (χ2n) is 5.00. The van der Waals surface area contributed by atoms with Gasteiger partial charge in [0.25, 0.3) is 0 Å². The van der Waals surface area contributed by atoms with Crippen LogP contribution in [0.2, 0.25) is 0 Å². The van der Waals surface area contributed by atoms with Gasteiger partial charge in [0.05, 0.1) is 23.3 Å². The first-order valence-electron chi connectivity index (χ1n) is 6.41. The Kier molecular flexibility index (Phi) is 3.15. The van der Waals surface area contributed by atoms with Gasteiger partial charge in [0.2, 0.25) is 11.8 Å². The van der Waals surface area contributed by atoms with Crippen molar-refractivity contribution in [1.29, 1.82) is 5.26 Å². The number of methoxy groups -OCH3 is 1. The highest BCUT2D eigenvalue weighted by Crippen LogP contribution is 2.55. The van der Waals surface area contributed by atoms with Crippen LogP contribution < -0.4 is 10.5 Å². The van der Waals surface area contributed by atoms with Gasteiger partial charge >= 0.3 is 0 Å². The van der Waals surface area contributed by atoms with Gasteiger partial charge in [-0.3, -0.25) is 5.10 Å². The zero-order valence-corrected chi connectivity index (χ0v) is 12.2. The molecule has 1 saturated heterocycles. The lowest BCUT2D eigenvalue weighted by molar-refractivity contribution is 0.179. The van der Waals surface area contributed by atoms with Crippen LogP contribution in [0.4, 0.5) is 0 Å². The standard InChI is InChI=1S/C13H16N4O2S/c1-7-13(3-4-20-7)8(5-14)11(15)19-12-10(13)9(6-18-2)16-17-12/h7H,3-4,6,15H2,1-2H3,(H,16,17). The van der Waals surface area contributed by atoms with E-state index in [-0.39, 0.29) is 11.1 Å². The number of allylic oxidation sites excluding steroid dienone is 1. The van der Waals surface area contributed by atoms with E-state index in [9.17, 15) is 5.26 Å². The first-order chi connectivity index (χ1) is 9.65. The Labute approximate surface area is 121 Å². The highest BCUT2D eigenvalue weighted by molar-refractivity contribution is 8.00. The van der Waals surface area contributed by atoms with Gasteiger partial charge in [0.15, 0.2) is 0 Å². The van der Waals surface area contributed by atoms with Gasteiger partial charge in [-0.25, -0.2) is 0 Å². The average molecular weight is 292 g/mol. The van der Waals surface area contributed by atoms with Crippen LogP contribution in [0.5, 0.6) is 5.88 Å². The maximum Gasteiger partial charge on any atom is 0.244 e. The smallest absolute Gasteiger partial charge is 0.244 e. The molecule has 2 unspecified atom stereocenters. The number of fused-ring (bicyclic) bond motifs is 2. The number of hydrogen-bond donors (Lipinski definition) is 2. The summed E-state index contributed by atoms with van der Waals surface area (Å²) >= 11 is 1.84. The van der Waals surface area contributed by atoms with E-state index < -0.39 is 5.41 Å². The summed E-state index contributed by atoms with van der Waals surface area (Å²) in [5, 5.41) is 16.9. The second kappa shape index (κ2) is 4.72. The van der Waals surface area contributed by atoms with Crippen LogP contribution in [0.1, 0.15) is 24.6 Å². The molecule has 0 aliphatic carbocycles. The first kappa shape index (κ1) is 13.3. The van der Waals surface area contributed by atoms with Gasteiger partial charge in [-0.15, -0.1) is 5.10 Å². The molecule has 3 N–H and O–H groups in total. The van der Waals surface area contributed by atoms with Crippen molar-refractivity contribution in [2.24, 2.45) is 5.73 Å². The Morgan fingerprint density at radius 1 is 1.70 bits per heavy atom. The summed E-state index contributed by atoms with van der Waals surface area (Å²) in [5.41, 5.74) is 7.83. The second-order valence-corrected chi connectivity index (χ2v) is 6.45. The van der Waals surface area contributed by atoms with Crippen molar-refractivity contribution in [3.05, 3.63) is 22.7 Å². The van der Waals surface area contributed by atoms with E-state index in [1.54, 1.807) is 7.11 Å². The monoisotopic (exact) mass is 292 g/mol. The summed E-state index contributed by atoms with van der Waals surface area (Å²) in [6.45, 7) is 2.53. The number of nitrogens with one attached hydrogen (secondary N) is 1. The predicted octanol–water partition coefficient (Wildman–Crippen LogP) is 1.41. The Hall–Kier alpha value is -1.65. The molecule has 0 aromatic carbocycles. The van der Waals surface area contributed by atoms with Crippen LogP contribution in [-0.4, -0.2) is 28.3 Å². The van der Waals surface area contributed by atoms with Crippen molar-refractivity contribution in [1.82, 2.24) is 10.2 Å². The van der Waals surface area contributed by atoms with Crippen LogP contribution in [-0.2, 0) is 16.8 Å². The number of nitrogens with two attached hydrogens (primary N) is 1. The molecule has 7 heteroatoms. The summed E-state index contributed by atoms with van der Waals surface area (Å²) in [5.74, 6) is 1.63. The maximum absolute atomic E-state index is 9.55. The largest absolute Gasteiger partial charge is 0.420 e. The molecule has 0 amide bonds. The van der Waals surface area contributed by atoms with Gasteiger partial charge in [0.1, 0.15) is 11.6 Å². The Bertz CT molecular complexity index is 618. The average Bonchev–Trinajstić information content (AvgIpc) is 2.97. The van der Waals surface area contributed by atoms with E-state index in [1.165, 1.54) is 0 Å². The molecule has 0 bridgehead atoms. The van der Waals surface area contributed by atoms with Crippen LogP contribution in [0.15, 0.2) is 11.5 Å². The van der Waals surface area contributed by atoms with E-state index in [0.717, 1.165) is 23.4 Å². The number of thioether (sulfide) groups is 1. The SMILES string of the molecule is COCc1[nH]nc2c1C1(CCSC1C)C(C#N)=C(N)O2. The fraction of sp³-hybridized carbons (Fsp3) is 0.538. The lowest BCUT2D eigenvalue weighted by atomic mass is 9.69. The summed E-state index contributed by atoms with van der Waals surface area (Å²) in [6.07, 6.45) is 0.856. The zero-order valence-electron chi connectivity index (χ0n) is 11.4. The number of nitrogens with zero attached hydrogens (tertiary/aromatic N) is 2. The molecule has 0 saturated carbocycles. The fourth-order valence-corrected chi connectivity index (χ4v) is 4.63. The minimum absolute atomic E-state index is 0.171. The molecule has 0 radical (unpaired) electrons. The Morgan fingerprint density at radius 3 is 3.10 bits per heavy atom. The Balaban J connectivity index is 2.24. The lowest BCUT2D eigenvalue weighted by Crippen LogP contribution is -2.40. The van der Waals surface area contributed by atoms with Gasteiger partial charge in [-0.2, -0.15) is 17.0 Å². The van der Waals surface area contributed by atoms with Crippen molar-refractivity contribution in [2.75, 3.05) is 12.9 Å². The lowest BCUT2D eigenvalue weighted by Gasteiger charge is -2.36. The summed E-state index contributed by atoms with van der Waals surface area (Å²) < 4.78 is 10.7. The zero-order chi connectivity index (χ0) is 14.3. The predicted molar refractivity (Wildman–Crippen MR) is 75.0 cm³/mol. The van der Waals surface area contributed by atoms with Crippen LogP contribution in [0.25, 0.3) is 0 Å². The molecule has 3 heterocycles. The number of aromatic amines is 1. The summed E-state index contributed by atoms with van der Waals surface area (Å²) in [7, 11) is 1.63. The molecule has 6 nitrogen and oxygen atoms in total. The van der Waals surface area contributed by atoms with Crippen molar-refractivity contribution < 1.29 is 9.47 Å². The number of hydrogen-bond acceptors (Lipinski definition) is 6. The molecule has 3 rings (SSSR count). The van der Waals surface area contributed by atoms with Gasteiger partial charge in [-0.1, -0.05) is 6.92 Å². The van der Waals surface area contributed by atoms with E-state index in [1.807, 2.05) is 11.8 Å². The molecule has 1 fully saturated rings. The molecule has 106 valence electrons. The summed E-state index contributed by atoms with van der Waals surface area (Å²) in [4.78, 5) is 0. The minimum atomic E-state index is -0.419. The van der Waals surface area contributed by atoms with Crippen LogP contribution in [0, 0.1) is 11.3 Å². The van der Waals surface area contributed by atoms with Gasteiger partial charge < -0.3 is 15.2 Å². The van der Waals surface area contributed by atoms with Crippen molar-refractivity contribution in [3.8, 4) is 11.9 Å². The summed E-state index contributed by atoms with van der Waals surface area (Å²) in [6, 6.07) is 2.25. The van der Waals surface area contributed by atoms with Crippen molar-refractivity contribution in [3.63, 3.8) is 0 Å². The molecule has 2 atom stereocenters. The molecule has 2 aliphatic heterocycles. The topological polar surface area (TPSA) is 97.0 Å². The number of ether oxygens (including phenoxy) is 2. The Morgan fingerprint density at radius 2 is 2.50 bits per heavy atom. The third-order valence-corrected chi connectivity index (χ3v) is 5.45. The van der Waals surface area contributed by atoms with Crippen molar-refractivity contribution in [2.45, 2.75) is 30.6 Å². The quantitative estimate of drug-likeness (QED) is 0.855. The highest BCUT2D eigenvalue weighted by Gasteiger charge is 2.53. The van der Waals surface area contributed by atoms with E-state index in [2.05, 4.69) is 23.2 Å². The minimum Gasteiger partial charge on any atom is -0.420 e. The fourth-order valence-electron chi connectivity index (χ4n) is 3.20. The molecule has 1 spiro atoms.